The number of ketones is 1. The highest BCUT2D eigenvalue weighted by Gasteiger charge is 2.61. The van der Waals surface area contributed by atoms with E-state index in [9.17, 15) is 30.3 Å². The van der Waals surface area contributed by atoms with Gasteiger partial charge in [0.25, 0.3) is 0 Å². The summed E-state index contributed by atoms with van der Waals surface area (Å²) in [7, 11) is 1.62. The van der Waals surface area contributed by atoms with Gasteiger partial charge < -0.3 is 54.0 Å². The summed E-state index contributed by atoms with van der Waals surface area (Å²) in [5.74, 6) is 1.45. The lowest BCUT2D eigenvalue weighted by Crippen LogP contribution is -2.60. The third-order valence-electron chi connectivity index (χ3n) is 15.7. The van der Waals surface area contributed by atoms with Crippen LogP contribution < -0.4 is 0 Å². The molecule has 21 atom stereocenters. The lowest BCUT2D eigenvalue weighted by atomic mass is 9.47. The quantitative estimate of drug-likeness (QED) is 0.245. The van der Waals surface area contributed by atoms with E-state index in [1.54, 1.807) is 7.11 Å². The standard InChI is InChI=1S/C41H66O12/c1-19-8-11-30(51-37(19)53-38-21(3)36(48-7)32(44)22(4)49-38)20(2)25-9-10-26-24-17-29(43)28-16-23(12-14-41(28,6)27(24)13-15-40(25,26)5)50-39-35(47)34(46)33(45)31(18-42)52-39/h17,19-23,25-28,30-39,42,44-47H,8-16,18H2,1-7H3/t19-,20+,21?,22?,23+,25?,26?,27?,28?,30+,31?,32?,33?,34?,35?,36?,37+,38?,39?,40-,41-/m1/s1. The minimum absolute atomic E-state index is 0.0532. The molecule has 0 bridgehead atoms. The number of ether oxygens (including phenoxy) is 6. The van der Waals surface area contributed by atoms with Gasteiger partial charge in [-0.15, -0.1) is 0 Å². The number of aliphatic hydroxyl groups is 5. The molecule has 302 valence electrons. The van der Waals surface area contributed by atoms with Crippen molar-refractivity contribution in [3.05, 3.63) is 11.6 Å². The summed E-state index contributed by atoms with van der Waals surface area (Å²) in [4.78, 5) is 14.1. The Labute approximate surface area is 314 Å². The molecule has 0 amide bonds. The molecule has 0 aromatic rings. The van der Waals surface area contributed by atoms with Gasteiger partial charge in [-0.2, -0.15) is 0 Å². The lowest BCUT2D eigenvalue weighted by Gasteiger charge is -2.57. The first-order valence-corrected chi connectivity index (χ1v) is 20.5. The smallest absolute Gasteiger partial charge is 0.186 e. The highest BCUT2D eigenvalue weighted by molar-refractivity contribution is 5.94. The van der Waals surface area contributed by atoms with Crippen molar-refractivity contribution >= 4 is 5.78 Å². The fraction of sp³-hybridized carbons (Fsp3) is 0.927. The monoisotopic (exact) mass is 750 g/mol. The molecule has 53 heavy (non-hydrogen) atoms. The number of methoxy groups -OCH3 is 1. The van der Waals surface area contributed by atoms with E-state index in [0.717, 1.165) is 44.9 Å². The molecule has 7 rings (SSSR count). The molecule has 12 nitrogen and oxygen atoms in total. The van der Waals surface area contributed by atoms with Gasteiger partial charge in [0.15, 0.2) is 24.7 Å². The van der Waals surface area contributed by atoms with Gasteiger partial charge in [-0.1, -0.05) is 40.2 Å². The second-order valence-electron chi connectivity index (χ2n) is 18.5. The lowest BCUT2D eigenvalue weighted by molar-refractivity contribution is -0.343. The van der Waals surface area contributed by atoms with E-state index in [2.05, 4.69) is 27.7 Å². The molecule has 3 aliphatic heterocycles. The summed E-state index contributed by atoms with van der Waals surface area (Å²) in [6.07, 6.45) is 0.936. The third kappa shape index (κ3) is 6.91. The predicted octanol–water partition coefficient (Wildman–Crippen LogP) is 3.48. The molecule has 0 aromatic heterocycles. The van der Waals surface area contributed by atoms with Crippen LogP contribution in [0.15, 0.2) is 11.6 Å². The Morgan fingerprint density at radius 3 is 2.23 bits per heavy atom. The molecule has 3 saturated carbocycles. The molecule has 14 unspecified atom stereocenters. The van der Waals surface area contributed by atoms with Crippen molar-refractivity contribution in [3.63, 3.8) is 0 Å². The van der Waals surface area contributed by atoms with Crippen LogP contribution in [0, 0.1) is 52.3 Å². The summed E-state index contributed by atoms with van der Waals surface area (Å²) >= 11 is 0. The first-order valence-electron chi connectivity index (χ1n) is 20.5. The molecule has 7 aliphatic rings. The molecule has 0 radical (unpaired) electrons. The maximum Gasteiger partial charge on any atom is 0.186 e. The number of carbonyl (C=O) groups excluding carboxylic acids is 1. The average molecular weight is 751 g/mol. The second-order valence-corrected chi connectivity index (χ2v) is 18.5. The molecule has 0 spiro atoms. The van der Waals surface area contributed by atoms with Crippen molar-refractivity contribution in [2.75, 3.05) is 13.7 Å². The van der Waals surface area contributed by atoms with Gasteiger partial charge >= 0.3 is 0 Å². The zero-order chi connectivity index (χ0) is 38.1. The van der Waals surface area contributed by atoms with Gasteiger partial charge in [0.05, 0.1) is 31.0 Å². The average Bonchev–Trinajstić information content (AvgIpc) is 3.49. The first-order chi connectivity index (χ1) is 25.1. The summed E-state index contributed by atoms with van der Waals surface area (Å²) < 4.78 is 37.0. The zero-order valence-corrected chi connectivity index (χ0v) is 32.7. The fourth-order valence-corrected chi connectivity index (χ4v) is 12.3. The molecule has 0 aromatic carbocycles. The van der Waals surface area contributed by atoms with Crippen LogP contribution in [0.4, 0.5) is 0 Å². The Morgan fingerprint density at radius 1 is 0.792 bits per heavy atom. The largest absolute Gasteiger partial charge is 0.394 e. The van der Waals surface area contributed by atoms with Crippen molar-refractivity contribution in [3.8, 4) is 0 Å². The number of carbonyl (C=O) groups is 1. The van der Waals surface area contributed by atoms with Gasteiger partial charge in [-0.25, -0.2) is 0 Å². The molecule has 3 saturated heterocycles. The molecule has 12 heteroatoms. The van der Waals surface area contributed by atoms with Crippen LogP contribution in [0.1, 0.15) is 99.3 Å². The summed E-state index contributed by atoms with van der Waals surface area (Å²) in [6.45, 7) is 12.6. The van der Waals surface area contributed by atoms with Crippen molar-refractivity contribution < 1.29 is 58.7 Å². The molecule has 4 aliphatic carbocycles. The van der Waals surface area contributed by atoms with Crippen molar-refractivity contribution in [1.29, 1.82) is 0 Å². The number of aliphatic hydroxyl groups excluding tert-OH is 5. The molecule has 6 fully saturated rings. The Hall–Kier alpha value is -1.03. The van der Waals surface area contributed by atoms with Gasteiger partial charge in [0.1, 0.15) is 30.5 Å². The predicted molar refractivity (Wildman–Crippen MR) is 192 cm³/mol. The van der Waals surface area contributed by atoms with E-state index in [4.69, 9.17) is 28.4 Å². The number of rotatable bonds is 8. The Morgan fingerprint density at radius 2 is 1.51 bits per heavy atom. The minimum Gasteiger partial charge on any atom is -0.394 e. The van der Waals surface area contributed by atoms with E-state index in [0.29, 0.717) is 36.5 Å². The van der Waals surface area contributed by atoms with Crippen molar-refractivity contribution in [1.82, 2.24) is 0 Å². The highest BCUT2D eigenvalue weighted by Crippen LogP contribution is 2.67. The number of hydrogen-bond acceptors (Lipinski definition) is 12. The topological polar surface area (TPSA) is 174 Å². The summed E-state index contributed by atoms with van der Waals surface area (Å²) in [5.41, 5.74) is 1.22. The summed E-state index contributed by atoms with van der Waals surface area (Å²) in [5, 5.41) is 51.3. The van der Waals surface area contributed by atoms with Gasteiger partial charge in [-0.3, -0.25) is 4.79 Å². The van der Waals surface area contributed by atoms with Crippen LogP contribution in [0.2, 0.25) is 0 Å². The van der Waals surface area contributed by atoms with E-state index < -0.39 is 62.1 Å². The van der Waals surface area contributed by atoms with Crippen LogP contribution in [0.25, 0.3) is 0 Å². The number of allylic oxidation sites excluding steroid dienone is 2. The normalized spacial score (nSPS) is 53.7. The van der Waals surface area contributed by atoms with Crippen LogP contribution in [-0.2, 0) is 33.2 Å². The van der Waals surface area contributed by atoms with Gasteiger partial charge in [0.2, 0.25) is 0 Å². The second kappa shape index (κ2) is 15.4. The van der Waals surface area contributed by atoms with Crippen LogP contribution in [0.3, 0.4) is 0 Å². The van der Waals surface area contributed by atoms with Crippen molar-refractivity contribution in [2.45, 2.75) is 173 Å². The van der Waals surface area contributed by atoms with Gasteiger partial charge in [0, 0.05) is 24.9 Å². The Bertz CT molecular complexity index is 1340. The third-order valence-corrected chi connectivity index (χ3v) is 15.7. The maximum atomic E-state index is 14.1. The molecular weight excluding hydrogens is 684 g/mol. The van der Waals surface area contributed by atoms with Crippen LogP contribution in [0.5, 0.6) is 0 Å². The van der Waals surface area contributed by atoms with E-state index in [-0.39, 0.29) is 52.7 Å². The van der Waals surface area contributed by atoms with E-state index >= 15 is 0 Å². The first kappa shape index (κ1) is 40.2. The van der Waals surface area contributed by atoms with Crippen LogP contribution in [-0.4, -0.2) is 119 Å². The fourth-order valence-electron chi connectivity index (χ4n) is 12.3. The minimum atomic E-state index is -1.50. The molecule has 5 N–H and O–H groups in total. The SMILES string of the molecule is COC1C(C)C(O[C@@H]2O[C@H]([C@@H](C)C3CCC4C5=CC(=O)C6C[C@@H](OC7OC(CO)C(O)C(O)C7O)CC[C@]6(C)C5CC[C@@]43C)CC[C@H]2C)OC(C)C1O. The molecular formula is C41H66O12. The zero-order valence-electron chi connectivity index (χ0n) is 32.7. The molecule has 3 heterocycles. The van der Waals surface area contributed by atoms with Gasteiger partial charge in [-0.05, 0) is 105 Å². The number of fused-ring (bicyclic) bond motifs is 5. The Kier molecular flexibility index (Phi) is 11.7. The highest BCUT2D eigenvalue weighted by atomic mass is 16.8. The van der Waals surface area contributed by atoms with E-state index in [1.807, 2.05) is 19.9 Å². The Balaban J connectivity index is 1.01. The maximum absolute atomic E-state index is 14.1. The van der Waals surface area contributed by atoms with Crippen LogP contribution >= 0.6 is 0 Å². The number of hydrogen-bond donors (Lipinski definition) is 5. The summed E-state index contributed by atoms with van der Waals surface area (Å²) in [6, 6.07) is 0. The van der Waals surface area contributed by atoms with E-state index in [1.165, 1.54) is 5.57 Å². The van der Waals surface area contributed by atoms with Crippen molar-refractivity contribution in [2.24, 2.45) is 52.3 Å².